The second kappa shape index (κ2) is 6.49. The zero-order valence-electron chi connectivity index (χ0n) is 13.3. The molecule has 0 radical (unpaired) electrons. The van der Waals surface area contributed by atoms with Gasteiger partial charge in [-0.3, -0.25) is 4.79 Å². The molecule has 2 fully saturated rings. The van der Waals surface area contributed by atoms with Crippen LogP contribution in [0, 0.1) is 5.92 Å². The van der Waals surface area contributed by atoms with Crippen molar-refractivity contribution in [2.75, 3.05) is 33.3 Å². The minimum absolute atomic E-state index is 0.177. The Labute approximate surface area is 137 Å². The van der Waals surface area contributed by atoms with Gasteiger partial charge >= 0.3 is 0 Å². The Hall–Kier alpha value is -1.60. The summed E-state index contributed by atoms with van der Waals surface area (Å²) in [6.07, 6.45) is 2.62. The molecular formula is C16H22N2O4S. The van der Waals surface area contributed by atoms with Gasteiger partial charge in [-0.05, 0) is 31.4 Å². The molecule has 3 rings (SSSR count). The highest BCUT2D eigenvalue weighted by Crippen LogP contribution is 2.31. The number of ether oxygens (including phenoxy) is 1. The first kappa shape index (κ1) is 16.3. The Morgan fingerprint density at radius 2 is 1.96 bits per heavy atom. The number of methoxy groups -OCH3 is 1. The Bertz CT molecular complexity index is 685. The van der Waals surface area contributed by atoms with Gasteiger partial charge in [0.15, 0.2) is 0 Å². The maximum absolute atomic E-state index is 12.8. The third-order valence-corrected chi connectivity index (χ3v) is 6.27. The van der Waals surface area contributed by atoms with Crippen LogP contribution in [0.25, 0.3) is 0 Å². The van der Waals surface area contributed by atoms with Crippen LogP contribution in [-0.4, -0.2) is 56.8 Å². The number of carbonyl (C=O) groups is 1. The molecule has 1 saturated heterocycles. The van der Waals surface area contributed by atoms with E-state index in [1.54, 1.807) is 18.2 Å². The zero-order chi connectivity index (χ0) is 16.4. The van der Waals surface area contributed by atoms with Crippen molar-refractivity contribution in [1.82, 2.24) is 9.21 Å². The number of benzene rings is 1. The third-order valence-electron chi connectivity index (χ3n) is 4.37. The first-order valence-corrected chi connectivity index (χ1v) is 9.39. The van der Waals surface area contributed by atoms with Gasteiger partial charge < -0.3 is 9.64 Å². The average molecular weight is 338 g/mol. The van der Waals surface area contributed by atoms with E-state index < -0.39 is 10.0 Å². The minimum atomic E-state index is -3.56. The monoisotopic (exact) mass is 338 g/mol. The quantitative estimate of drug-likeness (QED) is 0.831. The normalized spacial score (nSPS) is 20.1. The fourth-order valence-electron chi connectivity index (χ4n) is 2.85. The summed E-state index contributed by atoms with van der Waals surface area (Å²) in [6, 6.07) is 6.51. The summed E-state index contributed by atoms with van der Waals surface area (Å²) < 4.78 is 32.2. The highest BCUT2D eigenvalue weighted by Gasteiger charge is 2.35. The number of sulfonamides is 1. The van der Waals surface area contributed by atoms with Crippen molar-refractivity contribution in [3.63, 3.8) is 0 Å². The Kier molecular flexibility index (Phi) is 4.59. The first-order chi connectivity index (χ1) is 11.0. The molecule has 1 heterocycles. The SMILES string of the molecule is COc1cccc(S(=O)(=O)N2CCCN(C(=O)C3CC3)CC2)c1. The highest BCUT2D eigenvalue weighted by molar-refractivity contribution is 7.89. The summed E-state index contributed by atoms with van der Waals surface area (Å²) in [5.41, 5.74) is 0. The lowest BCUT2D eigenvalue weighted by molar-refractivity contribution is -0.132. The van der Waals surface area contributed by atoms with E-state index in [1.807, 2.05) is 4.90 Å². The van der Waals surface area contributed by atoms with Crippen molar-refractivity contribution in [1.29, 1.82) is 0 Å². The van der Waals surface area contributed by atoms with Crippen LogP contribution in [0.5, 0.6) is 5.75 Å². The third kappa shape index (κ3) is 3.50. The second-order valence-corrected chi connectivity index (χ2v) is 7.97. The van der Waals surface area contributed by atoms with E-state index in [2.05, 4.69) is 0 Å². The molecule has 23 heavy (non-hydrogen) atoms. The largest absolute Gasteiger partial charge is 0.497 e. The van der Waals surface area contributed by atoms with E-state index in [0.717, 1.165) is 12.8 Å². The van der Waals surface area contributed by atoms with E-state index in [1.165, 1.54) is 17.5 Å². The van der Waals surface area contributed by atoms with Crippen molar-refractivity contribution in [2.45, 2.75) is 24.2 Å². The Balaban J connectivity index is 1.73. The van der Waals surface area contributed by atoms with Crippen LogP contribution in [0.4, 0.5) is 0 Å². The molecule has 1 aromatic rings. The molecule has 0 bridgehead atoms. The van der Waals surface area contributed by atoms with E-state index in [9.17, 15) is 13.2 Å². The van der Waals surface area contributed by atoms with Gasteiger partial charge in [-0.2, -0.15) is 4.31 Å². The molecule has 0 aromatic heterocycles. The second-order valence-electron chi connectivity index (χ2n) is 6.04. The molecule has 1 saturated carbocycles. The lowest BCUT2D eigenvalue weighted by Crippen LogP contribution is -2.37. The van der Waals surface area contributed by atoms with Gasteiger partial charge in [0.05, 0.1) is 12.0 Å². The first-order valence-electron chi connectivity index (χ1n) is 7.95. The standard InChI is InChI=1S/C16H22N2O4S/c1-22-14-4-2-5-15(12-14)23(20,21)18-9-3-8-17(10-11-18)16(19)13-6-7-13/h2,4-5,12-13H,3,6-11H2,1H3. The maximum Gasteiger partial charge on any atom is 0.243 e. The number of carbonyl (C=O) groups excluding carboxylic acids is 1. The van der Waals surface area contributed by atoms with Crippen LogP contribution in [0.3, 0.4) is 0 Å². The summed E-state index contributed by atoms with van der Waals surface area (Å²) in [6.45, 7) is 1.89. The van der Waals surface area contributed by atoms with Crippen LogP contribution in [0.2, 0.25) is 0 Å². The smallest absolute Gasteiger partial charge is 0.243 e. The topological polar surface area (TPSA) is 66.9 Å². The van der Waals surface area contributed by atoms with Gasteiger partial charge in [0, 0.05) is 38.2 Å². The molecule has 1 aromatic carbocycles. The van der Waals surface area contributed by atoms with Crippen molar-refractivity contribution in [3.8, 4) is 5.75 Å². The van der Waals surface area contributed by atoms with Gasteiger partial charge in [-0.25, -0.2) is 8.42 Å². The van der Waals surface area contributed by atoms with Gasteiger partial charge in [-0.1, -0.05) is 6.07 Å². The number of hydrogen-bond donors (Lipinski definition) is 0. The number of rotatable bonds is 4. The van der Waals surface area contributed by atoms with Gasteiger partial charge in [0.2, 0.25) is 15.9 Å². The summed E-state index contributed by atoms with van der Waals surface area (Å²) >= 11 is 0. The highest BCUT2D eigenvalue weighted by atomic mass is 32.2. The fourth-order valence-corrected chi connectivity index (χ4v) is 4.36. The zero-order valence-corrected chi connectivity index (χ0v) is 14.1. The molecule has 2 aliphatic rings. The molecular weight excluding hydrogens is 316 g/mol. The van der Waals surface area contributed by atoms with E-state index in [0.29, 0.717) is 38.3 Å². The van der Waals surface area contributed by atoms with Crippen LogP contribution < -0.4 is 4.74 Å². The molecule has 0 N–H and O–H groups in total. The molecule has 0 atom stereocenters. The molecule has 126 valence electrons. The maximum atomic E-state index is 12.8. The summed E-state index contributed by atoms with van der Waals surface area (Å²) in [4.78, 5) is 14.2. The van der Waals surface area contributed by atoms with Crippen molar-refractivity contribution in [2.24, 2.45) is 5.92 Å². The predicted molar refractivity (Wildman–Crippen MR) is 85.7 cm³/mol. The van der Waals surface area contributed by atoms with Crippen molar-refractivity contribution < 1.29 is 17.9 Å². The number of hydrogen-bond acceptors (Lipinski definition) is 4. The summed E-state index contributed by atoms with van der Waals surface area (Å²) in [5, 5.41) is 0. The van der Waals surface area contributed by atoms with Crippen molar-refractivity contribution >= 4 is 15.9 Å². The van der Waals surface area contributed by atoms with E-state index >= 15 is 0 Å². The Morgan fingerprint density at radius 3 is 2.65 bits per heavy atom. The minimum Gasteiger partial charge on any atom is -0.497 e. The van der Waals surface area contributed by atoms with E-state index in [4.69, 9.17) is 4.74 Å². The molecule has 1 amide bonds. The lowest BCUT2D eigenvalue weighted by atomic mass is 10.3. The molecule has 1 aliphatic carbocycles. The molecule has 0 unspecified atom stereocenters. The van der Waals surface area contributed by atoms with Crippen LogP contribution in [0.1, 0.15) is 19.3 Å². The molecule has 0 spiro atoms. The van der Waals surface area contributed by atoms with Crippen LogP contribution in [-0.2, 0) is 14.8 Å². The number of amides is 1. The lowest BCUT2D eigenvalue weighted by Gasteiger charge is -2.22. The summed E-state index contributed by atoms with van der Waals surface area (Å²) in [5.74, 6) is 0.883. The van der Waals surface area contributed by atoms with Crippen LogP contribution >= 0.6 is 0 Å². The van der Waals surface area contributed by atoms with Crippen molar-refractivity contribution in [3.05, 3.63) is 24.3 Å². The molecule has 1 aliphatic heterocycles. The molecule has 7 heteroatoms. The van der Waals surface area contributed by atoms with Crippen LogP contribution in [0.15, 0.2) is 29.2 Å². The average Bonchev–Trinajstić information content (AvgIpc) is 3.40. The van der Waals surface area contributed by atoms with Gasteiger partial charge in [0.25, 0.3) is 0 Å². The summed E-state index contributed by atoms with van der Waals surface area (Å²) in [7, 11) is -2.04. The fraction of sp³-hybridized carbons (Fsp3) is 0.562. The Morgan fingerprint density at radius 1 is 1.17 bits per heavy atom. The molecule has 6 nitrogen and oxygen atoms in total. The van der Waals surface area contributed by atoms with E-state index in [-0.39, 0.29) is 16.7 Å². The van der Waals surface area contributed by atoms with Gasteiger partial charge in [0.1, 0.15) is 5.75 Å². The predicted octanol–water partition coefficient (Wildman–Crippen LogP) is 1.33. The van der Waals surface area contributed by atoms with Gasteiger partial charge in [-0.15, -0.1) is 0 Å². The number of nitrogens with zero attached hydrogens (tertiary/aromatic N) is 2.